The third-order valence-corrected chi connectivity index (χ3v) is 10.9. The number of amides is 2. The SMILES string of the molecule is CN(C)C12C3C4C1C1C2C3C41CNC(=O)c1cc(C(=O)NCc2ccc3oc(=O)[nH]c3c2)nc2ccnn12. The molecule has 3 N–H and O–H groups in total. The second-order valence-corrected chi connectivity index (χ2v) is 11.9. The summed E-state index contributed by atoms with van der Waals surface area (Å²) in [6.45, 7) is 0.921. The third-order valence-electron chi connectivity index (χ3n) is 10.9. The van der Waals surface area contributed by atoms with Crippen LogP contribution in [0.1, 0.15) is 26.5 Å². The van der Waals surface area contributed by atoms with Crippen molar-refractivity contribution < 1.29 is 14.0 Å². The molecule has 2 amide bonds. The summed E-state index contributed by atoms with van der Waals surface area (Å²) in [5.74, 6) is 3.64. The zero-order valence-corrected chi connectivity index (χ0v) is 20.8. The van der Waals surface area contributed by atoms with Crippen molar-refractivity contribution in [3.63, 3.8) is 0 Å². The van der Waals surface area contributed by atoms with Crippen LogP contribution in [0.25, 0.3) is 16.7 Å². The fourth-order valence-electron chi connectivity index (χ4n) is 9.84. The van der Waals surface area contributed by atoms with Crippen molar-refractivity contribution in [1.29, 1.82) is 0 Å². The molecule has 3 heterocycles. The number of oxazole rings is 1. The molecule has 6 saturated carbocycles. The lowest BCUT2D eigenvalue weighted by molar-refractivity contribution is -0.639. The van der Waals surface area contributed by atoms with E-state index < -0.39 is 11.7 Å². The van der Waals surface area contributed by atoms with E-state index in [-0.39, 0.29) is 18.1 Å². The fraction of sp³-hybridized carbons (Fsp3) is 0.444. The molecule has 192 valence electrons. The second-order valence-electron chi connectivity index (χ2n) is 11.9. The van der Waals surface area contributed by atoms with Crippen LogP contribution in [0.2, 0.25) is 0 Å². The first kappa shape index (κ1) is 21.0. The molecule has 3 aromatic heterocycles. The van der Waals surface area contributed by atoms with Gasteiger partial charge in [0, 0.05) is 30.8 Å². The zero-order valence-electron chi connectivity index (χ0n) is 20.8. The maximum absolute atomic E-state index is 13.4. The Balaban J connectivity index is 0.919. The number of benzene rings is 1. The van der Waals surface area contributed by atoms with Crippen LogP contribution < -0.4 is 16.4 Å². The third kappa shape index (κ3) is 2.00. The fourth-order valence-corrected chi connectivity index (χ4v) is 9.84. The van der Waals surface area contributed by atoms with Crippen LogP contribution in [0, 0.1) is 40.9 Å². The van der Waals surface area contributed by atoms with E-state index in [2.05, 4.69) is 44.7 Å². The first-order valence-corrected chi connectivity index (χ1v) is 13.1. The zero-order chi connectivity index (χ0) is 25.7. The molecule has 1 aromatic carbocycles. The van der Waals surface area contributed by atoms with Gasteiger partial charge in [-0.3, -0.25) is 14.6 Å². The summed E-state index contributed by atoms with van der Waals surface area (Å²) in [4.78, 5) is 47.3. The largest absolute Gasteiger partial charge is 0.417 e. The Morgan fingerprint density at radius 1 is 1.05 bits per heavy atom. The number of nitrogens with one attached hydrogen (secondary N) is 3. The van der Waals surface area contributed by atoms with Crippen molar-refractivity contribution in [2.24, 2.45) is 40.9 Å². The summed E-state index contributed by atoms with van der Waals surface area (Å²) in [6.07, 6.45) is 1.57. The van der Waals surface area contributed by atoms with E-state index in [0.29, 0.717) is 39.9 Å². The number of fused-ring (bicyclic) bond motifs is 2. The first-order chi connectivity index (χ1) is 18.4. The summed E-state index contributed by atoms with van der Waals surface area (Å²) in [7, 11) is 4.45. The van der Waals surface area contributed by atoms with Gasteiger partial charge in [-0.1, -0.05) is 6.07 Å². The summed E-state index contributed by atoms with van der Waals surface area (Å²) in [5.41, 5.74) is 3.48. The molecule has 6 aliphatic carbocycles. The lowest BCUT2D eigenvalue weighted by atomic mass is 8.94. The van der Waals surface area contributed by atoms with Crippen molar-refractivity contribution in [1.82, 2.24) is 35.1 Å². The molecule has 0 saturated heterocycles. The number of carbonyl (C=O) groups is 2. The van der Waals surface area contributed by atoms with Crippen molar-refractivity contribution in [2.75, 3.05) is 20.6 Å². The van der Waals surface area contributed by atoms with Gasteiger partial charge in [-0.05, 0) is 72.7 Å². The Kier molecular flexibility index (Phi) is 3.51. The molecule has 4 aromatic rings. The highest BCUT2D eigenvalue weighted by atomic mass is 16.4. The normalized spacial score (nSPS) is 36.1. The van der Waals surface area contributed by atoms with E-state index in [1.807, 2.05) is 0 Å². The lowest BCUT2D eigenvalue weighted by Gasteiger charge is -3.12. The molecule has 0 bridgehead atoms. The van der Waals surface area contributed by atoms with E-state index in [9.17, 15) is 14.4 Å². The second kappa shape index (κ2) is 6.35. The number of aromatic nitrogens is 4. The van der Waals surface area contributed by atoms with E-state index in [0.717, 1.165) is 41.1 Å². The van der Waals surface area contributed by atoms with Crippen LogP contribution in [0.4, 0.5) is 0 Å². The Morgan fingerprint density at radius 2 is 1.82 bits per heavy atom. The molecular formula is C27H25N7O4. The summed E-state index contributed by atoms with van der Waals surface area (Å²) >= 11 is 0. The van der Waals surface area contributed by atoms with Crippen molar-refractivity contribution in [3.05, 3.63) is 64.0 Å². The molecule has 0 aliphatic heterocycles. The lowest BCUT2D eigenvalue weighted by Crippen LogP contribution is -3.15. The standard InChI is InChI=1S/C27H25N7O4/c1-33(2)27-20-17-21(27)19-22(27)18(20)26(17,19)10-29-24(36)14-8-13(31-16-5-6-30-34(14)16)23(35)28-9-11-3-4-15-12(7-11)32-25(37)38-15/h3-8,17-22H,9-10H2,1-2H3,(H,28,35)(H,29,36)(H,32,37). The minimum atomic E-state index is -0.525. The summed E-state index contributed by atoms with van der Waals surface area (Å²) in [6, 6.07) is 8.38. The molecule has 38 heavy (non-hydrogen) atoms. The highest BCUT2D eigenvalue weighted by Gasteiger charge is 3.09. The number of nitrogens with zero attached hydrogens (tertiary/aromatic N) is 4. The molecule has 0 atom stereocenters. The maximum atomic E-state index is 13.4. The minimum Gasteiger partial charge on any atom is -0.408 e. The first-order valence-electron chi connectivity index (χ1n) is 13.1. The number of H-pyrrole nitrogens is 1. The molecule has 6 aliphatic rings. The van der Waals surface area contributed by atoms with Gasteiger partial charge in [0.05, 0.1) is 11.7 Å². The maximum Gasteiger partial charge on any atom is 0.417 e. The molecular weight excluding hydrogens is 486 g/mol. The average Bonchev–Trinajstić information content (AvgIpc) is 3.54. The van der Waals surface area contributed by atoms with E-state index >= 15 is 0 Å². The van der Waals surface area contributed by atoms with Crippen molar-refractivity contribution >= 4 is 28.6 Å². The number of hydrogen-bond donors (Lipinski definition) is 3. The highest BCUT2D eigenvalue weighted by molar-refractivity contribution is 5.98. The number of hydrogen-bond acceptors (Lipinski definition) is 7. The molecule has 11 nitrogen and oxygen atoms in total. The van der Waals surface area contributed by atoms with Crippen molar-refractivity contribution in [3.8, 4) is 0 Å². The van der Waals surface area contributed by atoms with Crippen LogP contribution in [0.5, 0.6) is 0 Å². The molecule has 11 heteroatoms. The Bertz CT molecular complexity index is 1740. The van der Waals surface area contributed by atoms with Crippen LogP contribution in [0.15, 0.2) is 45.7 Å². The quantitative estimate of drug-likeness (QED) is 0.335. The Morgan fingerprint density at radius 3 is 2.55 bits per heavy atom. The van der Waals surface area contributed by atoms with E-state index in [4.69, 9.17) is 4.42 Å². The molecule has 0 radical (unpaired) electrons. The van der Waals surface area contributed by atoms with E-state index in [1.165, 1.54) is 10.6 Å². The Hall–Kier alpha value is -3.99. The topological polar surface area (TPSA) is 138 Å². The number of rotatable bonds is 7. The van der Waals surface area contributed by atoms with Gasteiger partial charge in [-0.15, -0.1) is 0 Å². The van der Waals surface area contributed by atoms with Gasteiger partial charge in [0.25, 0.3) is 11.8 Å². The predicted molar refractivity (Wildman–Crippen MR) is 133 cm³/mol. The molecule has 10 rings (SSSR count). The van der Waals surface area contributed by atoms with Gasteiger partial charge >= 0.3 is 5.76 Å². The van der Waals surface area contributed by atoms with Crippen LogP contribution in [0.3, 0.4) is 0 Å². The summed E-state index contributed by atoms with van der Waals surface area (Å²) in [5, 5.41) is 10.3. The molecule has 6 fully saturated rings. The van der Waals surface area contributed by atoms with Gasteiger partial charge < -0.3 is 20.0 Å². The minimum absolute atomic E-state index is 0.144. The summed E-state index contributed by atoms with van der Waals surface area (Å²) < 4.78 is 6.50. The van der Waals surface area contributed by atoms with Gasteiger partial charge in [0.2, 0.25) is 0 Å². The van der Waals surface area contributed by atoms with Gasteiger partial charge in [0.1, 0.15) is 11.4 Å². The predicted octanol–water partition coefficient (Wildman–Crippen LogP) is 0.876. The molecule has 0 spiro atoms. The Labute approximate surface area is 215 Å². The van der Waals surface area contributed by atoms with Crippen LogP contribution in [-0.2, 0) is 6.54 Å². The van der Waals surface area contributed by atoms with Crippen molar-refractivity contribution in [2.45, 2.75) is 12.1 Å². The van der Waals surface area contributed by atoms with E-state index in [1.54, 1.807) is 30.5 Å². The average molecular weight is 512 g/mol. The highest BCUT2D eigenvalue weighted by Crippen LogP contribution is 3.07. The smallest absolute Gasteiger partial charge is 0.408 e. The number of aromatic amines is 1. The molecule has 0 unspecified atom stereocenters. The van der Waals surface area contributed by atoms with Gasteiger partial charge in [-0.2, -0.15) is 5.10 Å². The number of carbonyl (C=O) groups excluding carboxylic acids is 2. The van der Waals surface area contributed by atoms with Gasteiger partial charge in [0.15, 0.2) is 11.2 Å². The van der Waals surface area contributed by atoms with Gasteiger partial charge in [-0.25, -0.2) is 14.3 Å². The van der Waals surface area contributed by atoms with Crippen LogP contribution >= 0.6 is 0 Å². The monoisotopic (exact) mass is 511 g/mol. The van der Waals surface area contributed by atoms with Crippen LogP contribution in [-0.4, -0.2) is 62.5 Å².